The summed E-state index contributed by atoms with van der Waals surface area (Å²) in [6, 6.07) is 8.54. The molecule has 0 spiro atoms. The zero-order valence-electron chi connectivity index (χ0n) is 15.3. The van der Waals surface area contributed by atoms with Crippen molar-refractivity contribution in [1.82, 2.24) is 19.1 Å². The number of carbonyl (C=O) groups is 1. The van der Waals surface area contributed by atoms with Gasteiger partial charge in [-0.25, -0.2) is 4.68 Å². The number of anilines is 1. The second-order valence-corrected chi connectivity index (χ2v) is 6.81. The van der Waals surface area contributed by atoms with Gasteiger partial charge < -0.3 is 14.2 Å². The maximum absolute atomic E-state index is 12.9. The Balaban J connectivity index is 1.41. The molecule has 1 fully saturated rings. The zero-order valence-corrected chi connectivity index (χ0v) is 15.3. The van der Waals surface area contributed by atoms with Gasteiger partial charge in [0.2, 0.25) is 5.91 Å². The Morgan fingerprint density at radius 1 is 1.07 bits per heavy atom. The number of alkyl halides is 3. The molecule has 0 N–H and O–H groups in total. The lowest BCUT2D eigenvalue weighted by Gasteiger charge is -2.36. The molecular formula is C19H18F3N5O2. The number of hydrogen-bond acceptors (Lipinski definition) is 4. The fourth-order valence-corrected chi connectivity index (χ4v) is 3.41. The van der Waals surface area contributed by atoms with E-state index in [4.69, 9.17) is 0 Å². The molecular weight excluding hydrogens is 387 g/mol. The highest BCUT2D eigenvalue weighted by atomic mass is 19.4. The van der Waals surface area contributed by atoms with Gasteiger partial charge in [-0.05, 0) is 30.3 Å². The van der Waals surface area contributed by atoms with Crippen molar-refractivity contribution in [3.63, 3.8) is 0 Å². The van der Waals surface area contributed by atoms with Gasteiger partial charge in [-0.1, -0.05) is 6.07 Å². The molecule has 3 heterocycles. The molecule has 1 aliphatic heterocycles. The van der Waals surface area contributed by atoms with Gasteiger partial charge in [0, 0.05) is 38.1 Å². The van der Waals surface area contributed by atoms with E-state index in [0.717, 1.165) is 16.8 Å². The molecule has 0 radical (unpaired) electrons. The maximum Gasteiger partial charge on any atom is 0.416 e. The van der Waals surface area contributed by atoms with E-state index in [1.807, 2.05) is 4.90 Å². The Morgan fingerprint density at radius 2 is 1.83 bits per heavy atom. The number of nitrogens with zero attached hydrogens (tertiary/aromatic N) is 5. The van der Waals surface area contributed by atoms with Gasteiger partial charge in [0.15, 0.2) is 0 Å². The van der Waals surface area contributed by atoms with Crippen LogP contribution in [0.4, 0.5) is 18.9 Å². The Morgan fingerprint density at radius 3 is 2.55 bits per heavy atom. The van der Waals surface area contributed by atoms with Crippen LogP contribution < -0.4 is 10.5 Å². The summed E-state index contributed by atoms with van der Waals surface area (Å²) >= 11 is 0. The Kier molecular flexibility index (Phi) is 4.77. The number of halogens is 3. The van der Waals surface area contributed by atoms with Crippen LogP contribution in [0.5, 0.6) is 0 Å². The number of benzene rings is 1. The minimum absolute atomic E-state index is 0.177. The van der Waals surface area contributed by atoms with Crippen molar-refractivity contribution < 1.29 is 18.0 Å². The average Bonchev–Trinajstić information content (AvgIpc) is 3.19. The third-order valence-corrected chi connectivity index (χ3v) is 5.00. The van der Waals surface area contributed by atoms with E-state index < -0.39 is 11.7 Å². The van der Waals surface area contributed by atoms with Crippen LogP contribution in [-0.2, 0) is 17.5 Å². The smallest absolute Gasteiger partial charge is 0.368 e. The predicted molar refractivity (Wildman–Crippen MR) is 99.7 cm³/mol. The summed E-state index contributed by atoms with van der Waals surface area (Å²) in [6.07, 6.45) is -1.23. The van der Waals surface area contributed by atoms with Crippen molar-refractivity contribution in [3.05, 3.63) is 64.8 Å². The topological polar surface area (TPSA) is 62.9 Å². The van der Waals surface area contributed by atoms with Gasteiger partial charge in [0.25, 0.3) is 5.56 Å². The molecule has 152 valence electrons. The van der Waals surface area contributed by atoms with Crippen molar-refractivity contribution in [2.24, 2.45) is 0 Å². The summed E-state index contributed by atoms with van der Waals surface area (Å²) in [7, 11) is 0. The van der Waals surface area contributed by atoms with Crippen molar-refractivity contribution in [3.8, 4) is 0 Å². The molecule has 2 aromatic heterocycles. The largest absolute Gasteiger partial charge is 0.416 e. The summed E-state index contributed by atoms with van der Waals surface area (Å²) in [5.74, 6) is -0.251. The fraction of sp³-hybridized carbons (Fsp3) is 0.316. The van der Waals surface area contributed by atoms with E-state index in [-0.39, 0.29) is 18.0 Å². The number of piperazine rings is 1. The average molecular weight is 405 g/mol. The van der Waals surface area contributed by atoms with Gasteiger partial charge in [0.1, 0.15) is 18.4 Å². The first-order chi connectivity index (χ1) is 13.8. The molecule has 29 heavy (non-hydrogen) atoms. The molecule has 4 rings (SSSR count). The quantitative estimate of drug-likeness (QED) is 0.668. The minimum Gasteiger partial charge on any atom is -0.368 e. The lowest BCUT2D eigenvalue weighted by atomic mass is 10.1. The van der Waals surface area contributed by atoms with Crippen LogP contribution in [0.2, 0.25) is 0 Å². The van der Waals surface area contributed by atoms with Crippen molar-refractivity contribution in [2.45, 2.75) is 12.7 Å². The summed E-state index contributed by atoms with van der Waals surface area (Å²) in [4.78, 5) is 28.4. The molecule has 0 saturated carbocycles. The second kappa shape index (κ2) is 7.26. The highest BCUT2D eigenvalue weighted by molar-refractivity contribution is 5.76. The maximum atomic E-state index is 12.9. The van der Waals surface area contributed by atoms with Crippen molar-refractivity contribution in [1.29, 1.82) is 0 Å². The molecule has 0 bridgehead atoms. The van der Waals surface area contributed by atoms with Gasteiger partial charge in [0.05, 0.1) is 5.56 Å². The Hall–Kier alpha value is -3.30. The second-order valence-electron chi connectivity index (χ2n) is 6.81. The molecule has 1 aromatic carbocycles. The lowest BCUT2D eigenvalue weighted by Crippen LogP contribution is -2.50. The van der Waals surface area contributed by atoms with Gasteiger partial charge in [-0.15, -0.1) is 0 Å². The van der Waals surface area contributed by atoms with Crippen molar-refractivity contribution in [2.75, 3.05) is 31.1 Å². The zero-order chi connectivity index (χ0) is 20.6. The monoisotopic (exact) mass is 405 g/mol. The SMILES string of the molecule is O=C(Cn1ncn2cccc2c1=O)N1CCN(c2cccc(C(F)(F)F)c2)CC1. The van der Waals surface area contributed by atoms with E-state index >= 15 is 0 Å². The van der Waals surface area contributed by atoms with E-state index in [1.165, 1.54) is 12.4 Å². The Labute approximate surface area is 163 Å². The van der Waals surface area contributed by atoms with Crippen LogP contribution in [0, 0.1) is 0 Å². The molecule has 0 aliphatic carbocycles. The van der Waals surface area contributed by atoms with Crippen LogP contribution in [0.3, 0.4) is 0 Å². The number of amides is 1. The number of hydrogen-bond donors (Lipinski definition) is 0. The summed E-state index contributed by atoms with van der Waals surface area (Å²) in [6.45, 7) is 1.36. The number of fused-ring (bicyclic) bond motifs is 1. The first kappa shape index (κ1) is 19.0. The molecule has 1 saturated heterocycles. The van der Waals surface area contributed by atoms with E-state index in [1.54, 1.807) is 33.7 Å². The minimum atomic E-state index is -4.39. The third kappa shape index (κ3) is 3.82. The molecule has 7 nitrogen and oxygen atoms in total. The predicted octanol–water partition coefficient (Wildman–Crippen LogP) is 1.86. The van der Waals surface area contributed by atoms with Crippen LogP contribution in [-0.4, -0.2) is 51.2 Å². The number of aromatic nitrogens is 3. The summed E-state index contributed by atoms with van der Waals surface area (Å²) in [5, 5.41) is 4.01. The Bertz CT molecular complexity index is 1100. The molecule has 0 atom stereocenters. The molecule has 1 aliphatic rings. The van der Waals surface area contributed by atoms with Crippen LogP contribution >= 0.6 is 0 Å². The first-order valence-corrected chi connectivity index (χ1v) is 9.06. The normalized spacial score (nSPS) is 15.1. The van der Waals surface area contributed by atoms with Gasteiger partial charge in [-0.2, -0.15) is 18.3 Å². The molecule has 0 unspecified atom stereocenters. The summed E-state index contributed by atoms with van der Waals surface area (Å²) in [5.41, 5.74) is -0.140. The van der Waals surface area contributed by atoms with Crippen LogP contribution in [0.25, 0.3) is 5.52 Å². The van der Waals surface area contributed by atoms with E-state index in [2.05, 4.69) is 5.10 Å². The lowest BCUT2D eigenvalue weighted by molar-refractivity contribution is -0.137. The number of carbonyl (C=O) groups excluding carboxylic acids is 1. The highest BCUT2D eigenvalue weighted by Crippen LogP contribution is 2.31. The van der Waals surface area contributed by atoms with E-state index in [9.17, 15) is 22.8 Å². The molecule has 10 heteroatoms. The van der Waals surface area contributed by atoms with Gasteiger partial charge >= 0.3 is 6.18 Å². The molecule has 3 aromatic rings. The third-order valence-electron chi connectivity index (χ3n) is 5.00. The van der Waals surface area contributed by atoms with Crippen LogP contribution in [0.1, 0.15) is 5.56 Å². The van der Waals surface area contributed by atoms with Gasteiger partial charge in [-0.3, -0.25) is 9.59 Å². The fourth-order valence-electron chi connectivity index (χ4n) is 3.41. The summed E-state index contributed by atoms with van der Waals surface area (Å²) < 4.78 is 41.4. The van der Waals surface area contributed by atoms with Crippen LogP contribution in [0.15, 0.2) is 53.7 Å². The standard InChI is InChI=1S/C19H18F3N5O2/c20-19(21,22)14-3-1-4-15(11-14)24-7-9-25(10-8-24)17(28)12-27-18(29)16-5-2-6-26(16)13-23-27/h1-6,11,13H,7-10,12H2. The number of rotatable bonds is 3. The van der Waals surface area contributed by atoms with E-state index in [0.29, 0.717) is 37.4 Å². The van der Waals surface area contributed by atoms with Crippen molar-refractivity contribution >= 4 is 17.1 Å². The molecule has 1 amide bonds. The first-order valence-electron chi connectivity index (χ1n) is 9.06. The highest BCUT2D eigenvalue weighted by Gasteiger charge is 2.31.